The first kappa shape index (κ1) is 15.7. The first-order valence-electron chi connectivity index (χ1n) is 10.7. The van der Waals surface area contributed by atoms with Gasteiger partial charge in [-0.05, 0) is 66.9 Å². The predicted octanol–water partition coefficient (Wildman–Crippen LogP) is 2.82. The standard InChI is InChI=1S/C22H33NO2/c1-4-23-11-20(3)7-5-8-22-15(20)10-14(18(22)23)21-9-6-13(12(2)19(21)25)16(24)17(21)22/h13-19,24-25H,2,4-11H2,1,3H3/t13-,14?,15?,16+,17-,18-,19?,20+,21+,22+/m1/s1. The lowest BCUT2D eigenvalue weighted by Crippen LogP contribution is -2.69. The normalized spacial score (nSPS) is 64.6. The van der Waals surface area contributed by atoms with Crippen LogP contribution in [0.2, 0.25) is 0 Å². The van der Waals surface area contributed by atoms with Crippen molar-refractivity contribution in [2.45, 2.75) is 70.6 Å². The van der Waals surface area contributed by atoms with Gasteiger partial charge in [-0.3, -0.25) is 4.90 Å². The zero-order valence-corrected chi connectivity index (χ0v) is 15.7. The van der Waals surface area contributed by atoms with Gasteiger partial charge in [0, 0.05) is 29.8 Å². The number of likely N-dealkylation sites (tertiary alicyclic amines) is 1. The Balaban J connectivity index is 1.60. The molecular formula is C22H33NO2. The van der Waals surface area contributed by atoms with Gasteiger partial charge in [-0.15, -0.1) is 0 Å². The molecule has 6 saturated carbocycles. The van der Waals surface area contributed by atoms with Crippen LogP contribution in [-0.4, -0.2) is 46.5 Å². The zero-order valence-electron chi connectivity index (χ0n) is 15.7. The Kier molecular flexibility index (Phi) is 2.73. The smallest absolute Gasteiger partial charge is 0.0814 e. The van der Waals surface area contributed by atoms with E-state index >= 15 is 0 Å². The van der Waals surface area contributed by atoms with Gasteiger partial charge in [0.1, 0.15) is 0 Å². The van der Waals surface area contributed by atoms with E-state index in [1.54, 1.807) is 0 Å². The second-order valence-corrected chi connectivity index (χ2v) is 10.7. The van der Waals surface area contributed by atoms with Crippen molar-refractivity contribution >= 4 is 0 Å². The first-order valence-corrected chi connectivity index (χ1v) is 10.7. The number of aliphatic hydroxyl groups is 2. The average molecular weight is 344 g/mol. The summed E-state index contributed by atoms with van der Waals surface area (Å²) >= 11 is 0. The maximum absolute atomic E-state index is 11.5. The molecule has 10 atom stereocenters. The number of hydrogen-bond donors (Lipinski definition) is 2. The molecule has 0 radical (unpaired) electrons. The van der Waals surface area contributed by atoms with Crippen molar-refractivity contribution in [3.05, 3.63) is 12.2 Å². The van der Waals surface area contributed by atoms with Crippen LogP contribution in [0.1, 0.15) is 52.4 Å². The van der Waals surface area contributed by atoms with E-state index in [0.29, 0.717) is 23.3 Å². The van der Waals surface area contributed by atoms with Gasteiger partial charge in [0.15, 0.2) is 0 Å². The molecule has 7 rings (SSSR count). The fourth-order valence-corrected chi connectivity index (χ4v) is 10.1. The molecule has 0 aromatic heterocycles. The van der Waals surface area contributed by atoms with Crippen LogP contribution in [0.3, 0.4) is 0 Å². The molecule has 0 aromatic rings. The van der Waals surface area contributed by atoms with Crippen LogP contribution in [0.25, 0.3) is 0 Å². The monoisotopic (exact) mass is 343 g/mol. The lowest BCUT2D eigenvalue weighted by Gasteiger charge is -2.68. The second-order valence-electron chi connectivity index (χ2n) is 10.7. The van der Waals surface area contributed by atoms with Crippen LogP contribution in [-0.2, 0) is 0 Å². The highest BCUT2D eigenvalue weighted by atomic mass is 16.3. The predicted molar refractivity (Wildman–Crippen MR) is 96.8 cm³/mol. The molecular weight excluding hydrogens is 310 g/mol. The van der Waals surface area contributed by atoms with E-state index in [1.807, 2.05) is 0 Å². The van der Waals surface area contributed by atoms with Crippen LogP contribution in [0, 0.1) is 39.9 Å². The SMILES string of the molecule is C=C1C(O)[C@]23CC[C@H]1[C@H](O)[C@H]2[C@@]12CCC[C@@]4(C)CN(CC)[C@@H]1C3CC42. The molecule has 3 heteroatoms. The van der Waals surface area contributed by atoms with Crippen LogP contribution in [0.15, 0.2) is 12.2 Å². The summed E-state index contributed by atoms with van der Waals surface area (Å²) in [6, 6.07) is 0.592. The van der Waals surface area contributed by atoms with Crippen LogP contribution >= 0.6 is 0 Å². The average Bonchev–Trinajstić information content (AvgIpc) is 2.99. The number of rotatable bonds is 1. The Morgan fingerprint density at radius 2 is 2.00 bits per heavy atom. The van der Waals surface area contributed by atoms with Gasteiger partial charge < -0.3 is 10.2 Å². The zero-order chi connectivity index (χ0) is 17.4. The van der Waals surface area contributed by atoms with Crippen LogP contribution < -0.4 is 0 Å². The van der Waals surface area contributed by atoms with Gasteiger partial charge in [0.25, 0.3) is 0 Å². The highest BCUT2D eigenvalue weighted by molar-refractivity contribution is 5.38. The van der Waals surface area contributed by atoms with E-state index < -0.39 is 0 Å². The topological polar surface area (TPSA) is 43.7 Å². The van der Waals surface area contributed by atoms with E-state index in [-0.39, 0.29) is 29.0 Å². The fraction of sp³-hybridized carbons (Fsp3) is 0.909. The Bertz CT molecular complexity index is 662. The minimum absolute atomic E-state index is 0.0809. The molecule has 2 spiro atoms. The van der Waals surface area contributed by atoms with Crippen molar-refractivity contribution in [2.75, 3.05) is 13.1 Å². The molecule has 1 heterocycles. The van der Waals surface area contributed by atoms with Gasteiger partial charge in [-0.2, -0.15) is 0 Å². The molecule has 1 aliphatic heterocycles. The highest BCUT2D eigenvalue weighted by Gasteiger charge is 2.84. The largest absolute Gasteiger partial charge is 0.392 e. The summed E-state index contributed by atoms with van der Waals surface area (Å²) in [5.41, 5.74) is 1.54. The number of aliphatic hydroxyl groups excluding tert-OH is 2. The quantitative estimate of drug-likeness (QED) is 0.720. The maximum atomic E-state index is 11.5. The molecule has 7 fully saturated rings. The van der Waals surface area contributed by atoms with E-state index in [4.69, 9.17) is 0 Å². The van der Waals surface area contributed by atoms with Crippen LogP contribution in [0.5, 0.6) is 0 Å². The Labute approximate surface area is 151 Å². The first-order chi connectivity index (χ1) is 11.9. The summed E-state index contributed by atoms with van der Waals surface area (Å²) in [5, 5.41) is 22.9. The Morgan fingerprint density at radius 3 is 2.76 bits per heavy atom. The molecule has 138 valence electrons. The van der Waals surface area contributed by atoms with Gasteiger partial charge in [0.2, 0.25) is 0 Å². The summed E-state index contributed by atoms with van der Waals surface area (Å²) in [4.78, 5) is 2.77. The third-order valence-corrected chi connectivity index (χ3v) is 10.5. The van der Waals surface area contributed by atoms with E-state index in [0.717, 1.165) is 30.9 Å². The van der Waals surface area contributed by atoms with E-state index in [2.05, 4.69) is 25.3 Å². The number of fused-ring (bicyclic) bond motifs is 2. The van der Waals surface area contributed by atoms with E-state index in [9.17, 15) is 10.2 Å². The third kappa shape index (κ3) is 1.34. The van der Waals surface area contributed by atoms with Crippen LogP contribution in [0.4, 0.5) is 0 Å². The van der Waals surface area contributed by atoms with Gasteiger partial charge in [0.05, 0.1) is 12.2 Å². The fourth-order valence-electron chi connectivity index (χ4n) is 10.1. The lowest BCUT2D eigenvalue weighted by atomic mass is 9.39. The Morgan fingerprint density at radius 1 is 1.20 bits per heavy atom. The molecule has 2 N–H and O–H groups in total. The van der Waals surface area contributed by atoms with Crippen molar-refractivity contribution < 1.29 is 10.2 Å². The van der Waals surface area contributed by atoms with Crippen molar-refractivity contribution in [1.29, 1.82) is 0 Å². The van der Waals surface area contributed by atoms with Gasteiger partial charge >= 0.3 is 0 Å². The summed E-state index contributed by atoms with van der Waals surface area (Å²) in [6.07, 6.45) is 6.75. The molecule has 3 unspecified atom stereocenters. The molecule has 25 heavy (non-hydrogen) atoms. The minimum Gasteiger partial charge on any atom is -0.392 e. The van der Waals surface area contributed by atoms with E-state index in [1.165, 1.54) is 32.2 Å². The highest BCUT2D eigenvalue weighted by Crippen LogP contribution is 2.83. The molecule has 1 saturated heterocycles. The molecule has 3 nitrogen and oxygen atoms in total. The summed E-state index contributed by atoms with van der Waals surface area (Å²) < 4.78 is 0. The number of nitrogens with zero attached hydrogens (tertiary/aromatic N) is 1. The Hall–Kier alpha value is -0.380. The second kappa shape index (κ2) is 4.36. The minimum atomic E-state index is -0.377. The van der Waals surface area contributed by atoms with Crippen molar-refractivity contribution in [3.63, 3.8) is 0 Å². The third-order valence-electron chi connectivity index (χ3n) is 10.5. The summed E-state index contributed by atoms with van der Waals surface area (Å²) in [7, 11) is 0. The number of piperidine rings is 1. The van der Waals surface area contributed by atoms with Gasteiger partial charge in [-0.1, -0.05) is 26.8 Å². The molecule has 7 aliphatic rings. The van der Waals surface area contributed by atoms with Crippen molar-refractivity contribution in [2.24, 2.45) is 39.9 Å². The summed E-state index contributed by atoms with van der Waals surface area (Å²) in [5.74, 6) is 1.77. The lowest BCUT2D eigenvalue weighted by molar-refractivity contribution is -0.227. The van der Waals surface area contributed by atoms with Gasteiger partial charge in [-0.25, -0.2) is 0 Å². The number of hydrogen-bond acceptors (Lipinski definition) is 3. The van der Waals surface area contributed by atoms with Crippen molar-refractivity contribution in [3.8, 4) is 0 Å². The molecule has 7 bridgehead atoms. The molecule has 6 aliphatic carbocycles. The molecule has 0 aromatic carbocycles. The maximum Gasteiger partial charge on any atom is 0.0814 e. The summed E-state index contributed by atoms with van der Waals surface area (Å²) in [6.45, 7) is 11.5. The van der Waals surface area contributed by atoms with Crippen molar-refractivity contribution in [1.82, 2.24) is 4.90 Å². The molecule has 0 amide bonds.